The summed E-state index contributed by atoms with van der Waals surface area (Å²) in [7, 11) is 0. The van der Waals surface area contributed by atoms with Crippen LogP contribution >= 0.6 is 0 Å². The Balaban J connectivity index is 1.83. The van der Waals surface area contributed by atoms with Gasteiger partial charge in [-0.3, -0.25) is 4.79 Å². The second kappa shape index (κ2) is 4.71. The van der Waals surface area contributed by atoms with Crippen molar-refractivity contribution in [2.24, 2.45) is 0 Å². The maximum absolute atomic E-state index is 12.2. The van der Waals surface area contributed by atoms with Crippen molar-refractivity contribution in [1.29, 1.82) is 0 Å². The van der Waals surface area contributed by atoms with Crippen molar-refractivity contribution in [3.8, 4) is 0 Å². The number of hydrogen-bond acceptors (Lipinski definition) is 3. The summed E-state index contributed by atoms with van der Waals surface area (Å²) >= 11 is 0. The Morgan fingerprint density at radius 3 is 2.61 bits per heavy atom. The Kier molecular flexibility index (Phi) is 3.06. The van der Waals surface area contributed by atoms with Crippen molar-refractivity contribution >= 4 is 5.91 Å². The Hall–Kier alpha value is -1.39. The molecule has 0 radical (unpaired) electrons. The van der Waals surface area contributed by atoms with E-state index in [0.717, 1.165) is 5.56 Å². The number of morpholine rings is 1. The lowest BCUT2D eigenvalue weighted by Gasteiger charge is -2.38. The number of amides is 1. The maximum atomic E-state index is 12.2. The summed E-state index contributed by atoms with van der Waals surface area (Å²) in [6.07, 6.45) is -0.130. The van der Waals surface area contributed by atoms with Gasteiger partial charge in [0.2, 0.25) is 0 Å². The number of hydrogen-bond donors (Lipinski definition) is 0. The van der Waals surface area contributed by atoms with Crippen molar-refractivity contribution < 1.29 is 14.3 Å². The zero-order valence-corrected chi connectivity index (χ0v) is 10.4. The van der Waals surface area contributed by atoms with Gasteiger partial charge < -0.3 is 14.4 Å². The van der Waals surface area contributed by atoms with E-state index in [1.807, 2.05) is 42.2 Å². The minimum Gasteiger partial charge on any atom is -0.374 e. The molecule has 2 fully saturated rings. The molecule has 0 saturated carbocycles. The number of rotatable bonds is 2. The third-order valence-corrected chi connectivity index (χ3v) is 3.44. The van der Waals surface area contributed by atoms with Crippen LogP contribution in [0.3, 0.4) is 0 Å². The maximum Gasteiger partial charge on any atom is 0.254 e. The van der Waals surface area contributed by atoms with Gasteiger partial charge in [-0.1, -0.05) is 30.3 Å². The summed E-state index contributed by atoms with van der Waals surface area (Å²) in [6, 6.07) is 10.1. The van der Waals surface area contributed by atoms with E-state index in [9.17, 15) is 4.79 Å². The van der Waals surface area contributed by atoms with Crippen LogP contribution in [0.1, 0.15) is 18.5 Å². The molecule has 2 heterocycles. The van der Waals surface area contributed by atoms with E-state index in [-0.39, 0.29) is 24.2 Å². The van der Waals surface area contributed by atoms with Gasteiger partial charge in [0.25, 0.3) is 5.91 Å². The lowest BCUT2D eigenvalue weighted by atomic mass is 10.0. The molecule has 0 N–H and O–H groups in total. The Labute approximate surface area is 106 Å². The van der Waals surface area contributed by atoms with Gasteiger partial charge >= 0.3 is 0 Å². The molecular formula is C14H17NO3. The van der Waals surface area contributed by atoms with Crippen molar-refractivity contribution in [3.63, 3.8) is 0 Å². The molecule has 3 atom stereocenters. The number of nitrogens with zero attached hydrogens (tertiary/aromatic N) is 1. The molecule has 18 heavy (non-hydrogen) atoms. The monoisotopic (exact) mass is 247 g/mol. The van der Waals surface area contributed by atoms with Crippen LogP contribution in [0.4, 0.5) is 0 Å². The first-order chi connectivity index (χ1) is 8.75. The molecule has 1 aromatic rings. The Morgan fingerprint density at radius 2 is 1.94 bits per heavy atom. The van der Waals surface area contributed by atoms with Crippen LogP contribution in [-0.2, 0) is 14.3 Å². The Morgan fingerprint density at radius 1 is 1.22 bits per heavy atom. The lowest BCUT2D eigenvalue weighted by Crippen LogP contribution is -2.48. The lowest BCUT2D eigenvalue weighted by molar-refractivity contribution is -0.146. The summed E-state index contributed by atoms with van der Waals surface area (Å²) in [6.45, 7) is 3.75. The molecule has 4 nitrogen and oxygen atoms in total. The van der Waals surface area contributed by atoms with Gasteiger partial charge in [-0.15, -0.1) is 0 Å². The smallest absolute Gasteiger partial charge is 0.254 e. The van der Waals surface area contributed by atoms with Crippen molar-refractivity contribution in [2.45, 2.75) is 25.2 Å². The van der Waals surface area contributed by atoms with E-state index in [2.05, 4.69) is 0 Å². The molecule has 0 aliphatic carbocycles. The largest absolute Gasteiger partial charge is 0.374 e. The topological polar surface area (TPSA) is 42.1 Å². The van der Waals surface area contributed by atoms with Gasteiger partial charge in [0.1, 0.15) is 0 Å². The first-order valence-corrected chi connectivity index (χ1v) is 6.34. The summed E-state index contributed by atoms with van der Waals surface area (Å²) in [4.78, 5) is 14.1. The molecule has 96 valence electrons. The first-order valence-electron chi connectivity index (χ1n) is 6.34. The highest BCUT2D eigenvalue weighted by Gasteiger charge is 2.40. The van der Waals surface area contributed by atoms with Gasteiger partial charge in [-0.2, -0.15) is 0 Å². The highest BCUT2D eigenvalue weighted by Crippen LogP contribution is 2.28. The number of ether oxygens (including phenoxy) is 2. The van der Waals surface area contributed by atoms with Crippen molar-refractivity contribution in [1.82, 2.24) is 4.90 Å². The van der Waals surface area contributed by atoms with Gasteiger partial charge in [-0.25, -0.2) is 0 Å². The van der Waals surface area contributed by atoms with Gasteiger partial charge in [-0.05, 0) is 12.5 Å². The van der Waals surface area contributed by atoms with Gasteiger partial charge in [0.15, 0.2) is 6.10 Å². The van der Waals surface area contributed by atoms with Crippen LogP contribution in [-0.4, -0.2) is 42.8 Å². The summed E-state index contributed by atoms with van der Waals surface area (Å²) in [5.74, 6) is 0.0963. The third-order valence-electron chi connectivity index (χ3n) is 3.44. The minimum absolute atomic E-state index is 0.0131. The summed E-state index contributed by atoms with van der Waals surface area (Å²) in [5, 5.41) is 0. The van der Waals surface area contributed by atoms with Crippen LogP contribution in [0.5, 0.6) is 0 Å². The first kappa shape index (κ1) is 11.7. The normalized spacial score (nSPS) is 31.2. The quantitative estimate of drug-likeness (QED) is 0.741. The molecule has 4 heteroatoms. The number of carbonyl (C=O) groups excluding carboxylic acids is 1. The average molecular weight is 247 g/mol. The van der Waals surface area contributed by atoms with E-state index in [4.69, 9.17) is 9.47 Å². The number of epoxide rings is 1. The molecule has 2 saturated heterocycles. The predicted molar refractivity (Wildman–Crippen MR) is 66.1 cm³/mol. The fourth-order valence-electron chi connectivity index (χ4n) is 2.37. The molecule has 1 aromatic carbocycles. The SMILES string of the molecule is CC1CN(C(=O)C2CO2)C(c2ccccc2)CO1. The molecule has 0 spiro atoms. The summed E-state index contributed by atoms with van der Waals surface area (Å²) < 4.78 is 10.8. The van der Waals surface area contributed by atoms with Gasteiger partial charge in [0, 0.05) is 6.54 Å². The van der Waals surface area contributed by atoms with Crippen LogP contribution in [0.15, 0.2) is 30.3 Å². The molecule has 0 aromatic heterocycles. The standard InChI is InChI=1S/C14H17NO3/c1-10-7-15(14(16)13-9-18-13)12(8-17-10)11-5-3-2-4-6-11/h2-6,10,12-13H,7-9H2,1H3. The average Bonchev–Trinajstić information content (AvgIpc) is 3.23. The number of carbonyl (C=O) groups is 1. The fourth-order valence-corrected chi connectivity index (χ4v) is 2.37. The van der Waals surface area contributed by atoms with E-state index in [1.165, 1.54) is 0 Å². The van der Waals surface area contributed by atoms with Crippen molar-refractivity contribution in [2.75, 3.05) is 19.8 Å². The van der Waals surface area contributed by atoms with E-state index in [0.29, 0.717) is 19.8 Å². The third kappa shape index (κ3) is 2.26. The molecule has 1 amide bonds. The van der Waals surface area contributed by atoms with Crippen LogP contribution in [0.2, 0.25) is 0 Å². The second-order valence-corrected chi connectivity index (χ2v) is 4.88. The van der Waals surface area contributed by atoms with Gasteiger partial charge in [0.05, 0.1) is 25.4 Å². The van der Waals surface area contributed by atoms with Crippen LogP contribution < -0.4 is 0 Å². The molecule has 3 unspecified atom stereocenters. The molecule has 3 rings (SSSR count). The Bertz CT molecular complexity index is 430. The molecule has 0 bridgehead atoms. The van der Waals surface area contributed by atoms with E-state index < -0.39 is 0 Å². The van der Waals surface area contributed by atoms with E-state index >= 15 is 0 Å². The highest BCUT2D eigenvalue weighted by molar-refractivity contribution is 5.83. The highest BCUT2D eigenvalue weighted by atomic mass is 16.6. The minimum atomic E-state index is -0.221. The van der Waals surface area contributed by atoms with Crippen LogP contribution in [0.25, 0.3) is 0 Å². The van der Waals surface area contributed by atoms with Crippen molar-refractivity contribution in [3.05, 3.63) is 35.9 Å². The van der Waals surface area contributed by atoms with E-state index in [1.54, 1.807) is 0 Å². The fraction of sp³-hybridized carbons (Fsp3) is 0.500. The number of benzene rings is 1. The second-order valence-electron chi connectivity index (χ2n) is 4.88. The zero-order chi connectivity index (χ0) is 12.5. The zero-order valence-electron chi connectivity index (χ0n) is 10.4. The molecule has 2 aliphatic heterocycles. The van der Waals surface area contributed by atoms with Crippen LogP contribution in [0, 0.1) is 0 Å². The molecule has 2 aliphatic rings. The summed E-state index contributed by atoms with van der Waals surface area (Å²) in [5.41, 5.74) is 1.12. The molecular weight excluding hydrogens is 230 g/mol. The predicted octanol–water partition coefficient (Wildman–Crippen LogP) is 1.37.